The van der Waals surface area contributed by atoms with Crippen molar-refractivity contribution in [3.8, 4) is 6.07 Å². The van der Waals surface area contributed by atoms with Crippen LogP contribution in [0, 0.1) is 11.3 Å². The van der Waals surface area contributed by atoms with Crippen LogP contribution in [0.15, 0.2) is 35.0 Å². The second-order valence-electron chi connectivity index (χ2n) is 9.98. The maximum absolute atomic E-state index is 11.0. The SMILES string of the molecule is CC1(C)CCN2CCC(C)(C)c3cc(/C=C/C=C4\C(=S)N(CC(=O)O)N=C4C#N)cc1c32. The van der Waals surface area contributed by atoms with Crippen molar-refractivity contribution in [2.45, 2.75) is 51.4 Å². The minimum Gasteiger partial charge on any atom is -0.480 e. The summed E-state index contributed by atoms with van der Waals surface area (Å²) in [6, 6.07) is 6.57. The normalized spacial score (nSPS) is 22.2. The van der Waals surface area contributed by atoms with E-state index in [4.69, 9.17) is 17.3 Å². The number of hydrogen-bond donors (Lipinski definition) is 1. The number of anilines is 1. The van der Waals surface area contributed by atoms with Crippen molar-refractivity contribution in [3.63, 3.8) is 0 Å². The fraction of sp³-hybridized carbons (Fsp3) is 0.440. The van der Waals surface area contributed by atoms with Gasteiger partial charge in [-0.1, -0.05) is 52.1 Å². The van der Waals surface area contributed by atoms with Gasteiger partial charge in [-0.15, -0.1) is 0 Å². The lowest BCUT2D eigenvalue weighted by molar-refractivity contribution is -0.137. The summed E-state index contributed by atoms with van der Waals surface area (Å²) in [4.78, 5) is 13.8. The third-order valence-electron chi connectivity index (χ3n) is 6.80. The Hall–Kier alpha value is -2.98. The van der Waals surface area contributed by atoms with E-state index in [0.717, 1.165) is 31.5 Å². The highest BCUT2D eigenvalue weighted by Crippen LogP contribution is 2.49. The summed E-state index contributed by atoms with van der Waals surface area (Å²) in [6.07, 6.45) is 7.91. The van der Waals surface area contributed by atoms with E-state index >= 15 is 0 Å². The van der Waals surface area contributed by atoms with Crippen molar-refractivity contribution in [1.82, 2.24) is 5.01 Å². The molecule has 4 rings (SSSR count). The van der Waals surface area contributed by atoms with Crippen molar-refractivity contribution in [2.24, 2.45) is 5.10 Å². The zero-order valence-corrected chi connectivity index (χ0v) is 19.8. The van der Waals surface area contributed by atoms with Crippen LogP contribution in [0.3, 0.4) is 0 Å². The molecule has 32 heavy (non-hydrogen) atoms. The highest BCUT2D eigenvalue weighted by molar-refractivity contribution is 7.80. The summed E-state index contributed by atoms with van der Waals surface area (Å²) in [5.74, 6) is -1.05. The molecule has 3 aliphatic heterocycles. The van der Waals surface area contributed by atoms with Crippen LogP contribution in [0.5, 0.6) is 0 Å². The van der Waals surface area contributed by atoms with Crippen LogP contribution < -0.4 is 4.90 Å². The average Bonchev–Trinajstić information content (AvgIpc) is 3.01. The van der Waals surface area contributed by atoms with E-state index < -0.39 is 5.97 Å². The van der Waals surface area contributed by atoms with Crippen LogP contribution in [-0.2, 0) is 15.6 Å². The molecule has 0 amide bonds. The Labute approximate surface area is 194 Å². The average molecular weight is 449 g/mol. The second-order valence-corrected chi connectivity index (χ2v) is 10.4. The predicted octanol–water partition coefficient (Wildman–Crippen LogP) is 4.40. The van der Waals surface area contributed by atoms with E-state index in [9.17, 15) is 10.1 Å². The molecule has 0 bridgehead atoms. The van der Waals surface area contributed by atoms with Gasteiger partial charge in [-0.3, -0.25) is 4.79 Å². The standard InChI is InChI=1S/C25H28N4O2S/c1-24(2)8-10-28-11-9-25(3,4)19-13-16(12-18(24)22(19)28)6-5-7-17-20(14-26)27-29(23(17)32)15-21(30)31/h5-7,12-13H,8-11,15H2,1-4H3,(H,30,31)/b6-5+,17-7-. The van der Waals surface area contributed by atoms with Crippen LogP contribution >= 0.6 is 12.2 Å². The topological polar surface area (TPSA) is 79.9 Å². The lowest BCUT2D eigenvalue weighted by Gasteiger charge is -2.48. The van der Waals surface area contributed by atoms with Crippen LogP contribution in [-0.4, -0.2) is 46.4 Å². The molecule has 3 heterocycles. The number of carboxylic acids is 1. The molecule has 1 N–H and O–H groups in total. The van der Waals surface area contributed by atoms with Crippen molar-refractivity contribution in [2.75, 3.05) is 24.5 Å². The molecular weight excluding hydrogens is 420 g/mol. The first-order valence-electron chi connectivity index (χ1n) is 10.9. The lowest BCUT2D eigenvalue weighted by atomic mass is 9.69. The summed E-state index contributed by atoms with van der Waals surface area (Å²) >= 11 is 5.34. The van der Waals surface area contributed by atoms with Crippen molar-refractivity contribution < 1.29 is 9.90 Å². The molecule has 1 aromatic rings. The van der Waals surface area contributed by atoms with Crippen LogP contribution in [0.4, 0.5) is 5.69 Å². The number of hydrogen-bond acceptors (Lipinski definition) is 5. The quantitative estimate of drug-likeness (QED) is 0.543. The molecule has 0 atom stereocenters. The molecule has 0 saturated heterocycles. The number of nitriles is 1. The van der Waals surface area contributed by atoms with Gasteiger partial charge in [0, 0.05) is 24.4 Å². The first-order valence-corrected chi connectivity index (χ1v) is 11.3. The van der Waals surface area contributed by atoms with E-state index in [1.807, 2.05) is 18.2 Å². The van der Waals surface area contributed by atoms with Crippen molar-refractivity contribution >= 4 is 40.7 Å². The molecule has 166 valence electrons. The molecule has 0 unspecified atom stereocenters. The number of hydrazone groups is 1. The van der Waals surface area contributed by atoms with E-state index in [0.29, 0.717) is 5.57 Å². The van der Waals surface area contributed by atoms with Gasteiger partial charge in [-0.25, -0.2) is 5.01 Å². The minimum atomic E-state index is -1.05. The third kappa shape index (κ3) is 3.84. The van der Waals surface area contributed by atoms with Gasteiger partial charge in [0.05, 0.1) is 0 Å². The number of nitrogens with zero attached hydrogens (tertiary/aromatic N) is 4. The molecule has 0 fully saturated rings. The molecule has 0 aromatic heterocycles. The number of allylic oxidation sites excluding steroid dienone is 2. The smallest absolute Gasteiger partial charge is 0.325 e. The highest BCUT2D eigenvalue weighted by Gasteiger charge is 2.39. The first kappa shape index (κ1) is 22.2. The monoisotopic (exact) mass is 448 g/mol. The number of benzene rings is 1. The first-order chi connectivity index (χ1) is 15.0. The van der Waals surface area contributed by atoms with Gasteiger partial charge in [-0.05, 0) is 58.6 Å². The fourth-order valence-electron chi connectivity index (χ4n) is 4.74. The van der Waals surface area contributed by atoms with Gasteiger partial charge in [0.15, 0.2) is 5.71 Å². The van der Waals surface area contributed by atoms with E-state index in [1.54, 1.807) is 6.08 Å². The Kier molecular flexibility index (Phi) is 5.46. The lowest BCUT2D eigenvalue weighted by Crippen LogP contribution is -2.44. The van der Waals surface area contributed by atoms with Crippen molar-refractivity contribution in [3.05, 3.63) is 46.5 Å². The largest absolute Gasteiger partial charge is 0.480 e. The maximum atomic E-state index is 11.0. The molecular formula is C25H28N4O2S. The van der Waals surface area contributed by atoms with Gasteiger partial charge in [0.2, 0.25) is 0 Å². The van der Waals surface area contributed by atoms with Crippen LogP contribution in [0.2, 0.25) is 0 Å². The van der Waals surface area contributed by atoms with Gasteiger partial charge in [-0.2, -0.15) is 10.4 Å². The predicted molar refractivity (Wildman–Crippen MR) is 131 cm³/mol. The summed E-state index contributed by atoms with van der Waals surface area (Å²) in [6.45, 7) is 11.1. The Morgan fingerprint density at radius 3 is 2.34 bits per heavy atom. The van der Waals surface area contributed by atoms with Crippen molar-refractivity contribution in [1.29, 1.82) is 5.26 Å². The Bertz CT molecular complexity index is 1100. The van der Waals surface area contributed by atoms with Crippen LogP contribution in [0.1, 0.15) is 57.2 Å². The van der Waals surface area contributed by atoms with E-state index in [-0.39, 0.29) is 28.1 Å². The zero-order chi connectivity index (χ0) is 23.3. The van der Waals surface area contributed by atoms with Gasteiger partial charge < -0.3 is 10.0 Å². The summed E-state index contributed by atoms with van der Waals surface area (Å²) < 4.78 is 0. The molecule has 3 aliphatic rings. The Morgan fingerprint density at radius 2 is 1.81 bits per heavy atom. The third-order valence-corrected chi connectivity index (χ3v) is 7.23. The number of carboxylic acid groups (broad SMARTS) is 1. The maximum Gasteiger partial charge on any atom is 0.325 e. The Morgan fingerprint density at radius 1 is 1.22 bits per heavy atom. The van der Waals surface area contributed by atoms with Crippen LogP contribution in [0.25, 0.3) is 6.08 Å². The summed E-state index contributed by atoms with van der Waals surface area (Å²) in [5.41, 5.74) is 6.15. The van der Waals surface area contributed by atoms with Gasteiger partial charge in [0.25, 0.3) is 0 Å². The summed E-state index contributed by atoms with van der Waals surface area (Å²) in [5, 5.41) is 23.6. The van der Waals surface area contributed by atoms with Gasteiger partial charge >= 0.3 is 5.97 Å². The minimum absolute atomic E-state index is 0.112. The fourth-order valence-corrected chi connectivity index (χ4v) is 5.01. The molecule has 0 spiro atoms. The van der Waals surface area contributed by atoms with E-state index in [1.165, 1.54) is 21.8 Å². The zero-order valence-electron chi connectivity index (χ0n) is 19.0. The molecule has 7 heteroatoms. The number of rotatable bonds is 4. The number of aliphatic carboxylic acids is 1. The van der Waals surface area contributed by atoms with E-state index in [2.05, 4.69) is 49.8 Å². The Balaban J connectivity index is 1.70. The second kappa shape index (κ2) is 7.86. The van der Waals surface area contributed by atoms with Gasteiger partial charge in [0.1, 0.15) is 17.6 Å². The molecule has 1 aromatic carbocycles. The number of thiocarbonyl (C=S) groups is 1. The molecule has 0 saturated carbocycles. The molecule has 0 aliphatic carbocycles. The molecule has 6 nitrogen and oxygen atoms in total. The highest BCUT2D eigenvalue weighted by atomic mass is 32.1. The number of carbonyl (C=O) groups is 1. The summed E-state index contributed by atoms with van der Waals surface area (Å²) in [7, 11) is 0. The molecule has 0 radical (unpaired) electrons.